The first-order valence-electron chi connectivity index (χ1n) is 7.97. The molecule has 0 spiro atoms. The van der Waals surface area contributed by atoms with Gasteiger partial charge in [-0.1, -0.05) is 0 Å². The molecule has 0 aliphatic rings. The summed E-state index contributed by atoms with van der Waals surface area (Å²) in [7, 11) is 0. The zero-order valence-corrected chi connectivity index (χ0v) is 16.9. The van der Waals surface area contributed by atoms with Crippen molar-refractivity contribution < 1.29 is 9.50 Å². The topological polar surface area (TPSA) is 61.8 Å². The molecule has 0 unspecified atom stereocenters. The normalized spacial score (nSPS) is 10.9. The highest BCUT2D eigenvalue weighted by molar-refractivity contribution is 9.11. The number of hydrogen-bond donors (Lipinski definition) is 2. The average Bonchev–Trinajstić information content (AvgIpc) is 3.12. The second-order valence-corrected chi connectivity index (χ2v) is 7.55. The molecule has 2 aromatic heterocycles. The van der Waals surface area contributed by atoms with Gasteiger partial charge in [0.05, 0.1) is 20.3 Å². The molecular weight excluding hydrogens is 477 g/mol. The molecule has 0 aliphatic carbocycles. The highest BCUT2D eigenvalue weighted by Crippen LogP contribution is 2.38. The Hall–Kier alpha value is -2.51. The van der Waals surface area contributed by atoms with Crippen molar-refractivity contribution in [1.82, 2.24) is 15.0 Å². The Balaban J connectivity index is 1.91. The summed E-state index contributed by atoms with van der Waals surface area (Å²) in [4.78, 5) is 12.1. The Morgan fingerprint density at radius 3 is 2.11 bits per heavy atom. The van der Waals surface area contributed by atoms with Gasteiger partial charge in [0.1, 0.15) is 17.4 Å². The summed E-state index contributed by atoms with van der Waals surface area (Å²) in [5.41, 5.74) is 4.01. The number of benzene rings is 2. The number of aromatic amines is 1. The van der Waals surface area contributed by atoms with Gasteiger partial charge < -0.3 is 10.1 Å². The van der Waals surface area contributed by atoms with E-state index in [1.54, 1.807) is 36.7 Å². The molecule has 0 saturated heterocycles. The molecule has 2 heterocycles. The number of imidazole rings is 1. The molecule has 0 atom stereocenters. The fourth-order valence-corrected chi connectivity index (χ4v) is 3.94. The third-order valence-corrected chi connectivity index (χ3v) is 5.29. The Labute approximate surface area is 171 Å². The maximum Gasteiger partial charge on any atom is 0.143 e. The number of pyridine rings is 1. The molecule has 0 saturated carbocycles. The Morgan fingerprint density at radius 1 is 0.852 bits per heavy atom. The first kappa shape index (κ1) is 17.9. The highest BCUT2D eigenvalue weighted by atomic mass is 79.9. The van der Waals surface area contributed by atoms with Gasteiger partial charge in [-0.15, -0.1) is 0 Å². The highest BCUT2D eigenvalue weighted by Gasteiger charge is 2.17. The van der Waals surface area contributed by atoms with Gasteiger partial charge in [-0.25, -0.2) is 9.37 Å². The zero-order valence-electron chi connectivity index (χ0n) is 13.7. The SMILES string of the molecule is Oc1c(Br)cc(-c2nc(-c3ccncc3)c(-c3ccc(F)cc3)[nH]2)cc1Br. The fourth-order valence-electron chi connectivity index (χ4n) is 2.76. The lowest BCUT2D eigenvalue weighted by molar-refractivity contribution is 0.468. The summed E-state index contributed by atoms with van der Waals surface area (Å²) in [6.07, 6.45) is 3.40. The standard InChI is InChI=1S/C20H12Br2FN3O/c21-15-9-13(10-16(22)19(15)27)20-25-17(11-1-3-14(23)4-2-11)18(26-20)12-5-7-24-8-6-12/h1-10,27H,(H,25,26). The Kier molecular flexibility index (Phi) is 4.80. The summed E-state index contributed by atoms with van der Waals surface area (Å²) >= 11 is 6.69. The van der Waals surface area contributed by atoms with E-state index in [4.69, 9.17) is 4.98 Å². The molecule has 2 aromatic carbocycles. The van der Waals surface area contributed by atoms with Crippen LogP contribution >= 0.6 is 31.9 Å². The summed E-state index contributed by atoms with van der Waals surface area (Å²) in [6.45, 7) is 0. The van der Waals surface area contributed by atoms with Gasteiger partial charge in [0.2, 0.25) is 0 Å². The Morgan fingerprint density at radius 2 is 1.48 bits per heavy atom. The van der Waals surface area contributed by atoms with E-state index in [-0.39, 0.29) is 11.6 Å². The monoisotopic (exact) mass is 487 g/mol. The minimum Gasteiger partial charge on any atom is -0.506 e. The first-order chi connectivity index (χ1) is 13.0. The van der Waals surface area contributed by atoms with E-state index in [1.807, 2.05) is 12.1 Å². The van der Waals surface area contributed by atoms with E-state index in [2.05, 4.69) is 41.8 Å². The zero-order chi connectivity index (χ0) is 19.0. The van der Waals surface area contributed by atoms with E-state index in [9.17, 15) is 9.50 Å². The van der Waals surface area contributed by atoms with Gasteiger partial charge >= 0.3 is 0 Å². The molecule has 4 nitrogen and oxygen atoms in total. The summed E-state index contributed by atoms with van der Waals surface area (Å²) < 4.78 is 14.5. The average molecular weight is 489 g/mol. The van der Waals surface area contributed by atoms with Crippen LogP contribution in [0.15, 0.2) is 69.9 Å². The number of nitrogens with zero attached hydrogens (tertiary/aromatic N) is 2. The maximum absolute atomic E-state index is 13.4. The second-order valence-electron chi connectivity index (χ2n) is 5.84. The number of phenolic OH excluding ortho intramolecular Hbond substituents is 1. The van der Waals surface area contributed by atoms with Crippen molar-refractivity contribution in [3.63, 3.8) is 0 Å². The molecule has 134 valence electrons. The fraction of sp³-hybridized carbons (Fsp3) is 0. The van der Waals surface area contributed by atoms with Crippen LogP contribution in [0.2, 0.25) is 0 Å². The third kappa shape index (κ3) is 3.52. The van der Waals surface area contributed by atoms with Gasteiger partial charge in [-0.05, 0) is 80.4 Å². The van der Waals surface area contributed by atoms with Crippen LogP contribution in [0, 0.1) is 5.82 Å². The number of nitrogens with one attached hydrogen (secondary N) is 1. The maximum atomic E-state index is 13.4. The summed E-state index contributed by atoms with van der Waals surface area (Å²) in [6, 6.07) is 13.6. The van der Waals surface area contributed by atoms with E-state index in [0.29, 0.717) is 14.8 Å². The van der Waals surface area contributed by atoms with Crippen LogP contribution in [0.3, 0.4) is 0 Å². The van der Waals surface area contributed by atoms with Crippen LogP contribution in [0.1, 0.15) is 0 Å². The lowest BCUT2D eigenvalue weighted by atomic mass is 10.1. The lowest BCUT2D eigenvalue weighted by Crippen LogP contribution is -1.84. The summed E-state index contributed by atoms with van der Waals surface area (Å²) in [5.74, 6) is 0.455. The van der Waals surface area contributed by atoms with Crippen LogP contribution in [0.5, 0.6) is 5.75 Å². The van der Waals surface area contributed by atoms with Crippen molar-refractivity contribution >= 4 is 31.9 Å². The third-order valence-electron chi connectivity index (χ3n) is 4.08. The van der Waals surface area contributed by atoms with E-state index < -0.39 is 0 Å². The molecule has 2 N–H and O–H groups in total. The van der Waals surface area contributed by atoms with Crippen molar-refractivity contribution in [2.45, 2.75) is 0 Å². The van der Waals surface area contributed by atoms with Gasteiger partial charge in [0.15, 0.2) is 0 Å². The van der Waals surface area contributed by atoms with Crippen LogP contribution < -0.4 is 0 Å². The van der Waals surface area contributed by atoms with Crippen LogP contribution in [0.25, 0.3) is 33.9 Å². The van der Waals surface area contributed by atoms with Crippen molar-refractivity contribution in [2.24, 2.45) is 0 Å². The second kappa shape index (κ2) is 7.25. The minimum absolute atomic E-state index is 0.124. The summed E-state index contributed by atoms with van der Waals surface area (Å²) in [5, 5.41) is 9.95. The molecule has 0 radical (unpaired) electrons. The van der Waals surface area contributed by atoms with Gasteiger partial charge in [-0.3, -0.25) is 4.98 Å². The number of rotatable bonds is 3. The van der Waals surface area contributed by atoms with Gasteiger partial charge in [0, 0.05) is 29.1 Å². The van der Waals surface area contributed by atoms with Crippen LogP contribution in [0.4, 0.5) is 4.39 Å². The predicted octanol–water partition coefficient (Wildman–Crippen LogP) is 6.18. The number of hydrogen-bond acceptors (Lipinski definition) is 3. The molecule has 27 heavy (non-hydrogen) atoms. The van der Waals surface area contributed by atoms with E-state index in [1.165, 1.54) is 12.1 Å². The predicted molar refractivity (Wildman–Crippen MR) is 110 cm³/mol. The number of phenols is 1. The Bertz CT molecular complexity index is 1090. The molecule has 0 bridgehead atoms. The molecule has 4 rings (SSSR count). The number of aromatic nitrogens is 3. The molecule has 0 amide bonds. The minimum atomic E-state index is -0.296. The molecular formula is C20H12Br2FN3O. The number of H-pyrrole nitrogens is 1. The van der Waals surface area contributed by atoms with Crippen molar-refractivity contribution in [1.29, 1.82) is 0 Å². The lowest BCUT2D eigenvalue weighted by Gasteiger charge is -2.04. The largest absolute Gasteiger partial charge is 0.506 e. The van der Waals surface area contributed by atoms with E-state index >= 15 is 0 Å². The van der Waals surface area contributed by atoms with Gasteiger partial charge in [0.25, 0.3) is 0 Å². The van der Waals surface area contributed by atoms with Gasteiger partial charge in [-0.2, -0.15) is 0 Å². The molecule has 0 aliphatic heterocycles. The first-order valence-corrected chi connectivity index (χ1v) is 9.56. The van der Waals surface area contributed by atoms with Crippen molar-refractivity contribution in [3.8, 4) is 39.7 Å². The molecule has 7 heteroatoms. The number of halogens is 3. The van der Waals surface area contributed by atoms with Crippen molar-refractivity contribution in [2.75, 3.05) is 0 Å². The van der Waals surface area contributed by atoms with Crippen LogP contribution in [-0.4, -0.2) is 20.1 Å². The molecule has 0 fully saturated rings. The quantitative estimate of drug-likeness (QED) is 0.362. The van der Waals surface area contributed by atoms with Crippen LogP contribution in [-0.2, 0) is 0 Å². The molecule has 4 aromatic rings. The van der Waals surface area contributed by atoms with Crippen molar-refractivity contribution in [3.05, 3.63) is 75.7 Å². The number of aromatic hydroxyl groups is 1. The van der Waals surface area contributed by atoms with E-state index in [0.717, 1.165) is 28.1 Å². The smallest absolute Gasteiger partial charge is 0.143 e.